The number of rotatable bonds is 6. The van der Waals surface area contributed by atoms with Crippen molar-refractivity contribution in [2.75, 3.05) is 27.9 Å². The second kappa shape index (κ2) is 10.3. The number of urea groups is 1. The van der Waals surface area contributed by atoms with Crippen LogP contribution < -0.4 is 20.1 Å². The molecule has 0 spiro atoms. The summed E-state index contributed by atoms with van der Waals surface area (Å²) in [5.74, 6) is -0.108. The second-order valence-corrected chi connectivity index (χ2v) is 7.82. The lowest BCUT2D eigenvalue weighted by Gasteiger charge is -2.12. The van der Waals surface area contributed by atoms with Gasteiger partial charge in [0.25, 0.3) is 5.91 Å². The van der Waals surface area contributed by atoms with Gasteiger partial charge in [-0.25, -0.2) is 14.6 Å². The number of aromatic nitrogens is 1. The maximum Gasteiger partial charge on any atom is 0.339 e. The highest BCUT2D eigenvalue weighted by Crippen LogP contribution is 2.38. The number of imide groups is 1. The average molecular weight is 476 g/mol. The van der Waals surface area contributed by atoms with Crippen LogP contribution in [0.25, 0.3) is 22.6 Å². The number of allylic oxidation sites excluding steroid dienone is 1. The molecule has 9 nitrogen and oxygen atoms in total. The van der Waals surface area contributed by atoms with Crippen LogP contribution >= 0.6 is 0 Å². The number of nitrogens with zero attached hydrogens (tertiary/aromatic N) is 1. The first kappa shape index (κ1) is 23.7. The van der Waals surface area contributed by atoms with E-state index in [1.54, 1.807) is 20.3 Å². The minimum atomic E-state index is -0.721. The van der Waals surface area contributed by atoms with Crippen LogP contribution in [0.5, 0.6) is 11.5 Å². The number of esters is 1. The molecule has 0 atom stereocenters. The van der Waals surface area contributed by atoms with Gasteiger partial charge in [0, 0.05) is 12.4 Å². The van der Waals surface area contributed by atoms with Gasteiger partial charge in [0.15, 0.2) is 18.1 Å². The third-order valence-corrected chi connectivity index (χ3v) is 5.71. The number of carbonyl (C=O) groups is 3. The van der Waals surface area contributed by atoms with Gasteiger partial charge in [0.2, 0.25) is 0 Å². The molecule has 1 aliphatic carbocycles. The van der Waals surface area contributed by atoms with Gasteiger partial charge in [0.05, 0.1) is 31.0 Å². The molecule has 2 aromatic carbocycles. The van der Waals surface area contributed by atoms with Crippen LogP contribution in [-0.4, -0.2) is 50.8 Å². The smallest absolute Gasteiger partial charge is 0.339 e. The molecule has 0 bridgehead atoms. The number of nitrogens with one attached hydrogen (secondary N) is 2. The number of pyridine rings is 1. The Morgan fingerprint density at radius 2 is 1.80 bits per heavy atom. The van der Waals surface area contributed by atoms with E-state index in [1.807, 2.05) is 42.5 Å². The Kier molecular flexibility index (Phi) is 6.96. The molecule has 0 saturated heterocycles. The van der Waals surface area contributed by atoms with E-state index in [2.05, 4.69) is 10.6 Å². The number of fused-ring (bicyclic) bond motifs is 2. The summed E-state index contributed by atoms with van der Waals surface area (Å²) < 4.78 is 16.0. The predicted molar refractivity (Wildman–Crippen MR) is 130 cm³/mol. The molecule has 0 saturated carbocycles. The third kappa shape index (κ3) is 4.93. The molecular formula is C26H25N3O6. The van der Waals surface area contributed by atoms with Crippen LogP contribution in [0.3, 0.4) is 0 Å². The zero-order valence-electron chi connectivity index (χ0n) is 19.6. The largest absolute Gasteiger partial charge is 0.493 e. The van der Waals surface area contributed by atoms with E-state index in [1.165, 1.54) is 7.05 Å². The molecule has 0 fully saturated rings. The number of amides is 3. The van der Waals surface area contributed by atoms with Gasteiger partial charge < -0.3 is 19.5 Å². The summed E-state index contributed by atoms with van der Waals surface area (Å²) in [5.41, 5.74) is 4.41. The maximum atomic E-state index is 13.1. The Bertz CT molecular complexity index is 1350. The first-order chi connectivity index (χ1) is 16.9. The lowest BCUT2D eigenvalue weighted by atomic mass is 10.0. The van der Waals surface area contributed by atoms with Crippen LogP contribution in [0, 0.1) is 0 Å². The monoisotopic (exact) mass is 475 g/mol. The predicted octanol–water partition coefficient (Wildman–Crippen LogP) is 3.35. The SMILES string of the molecule is CNC(=O)NC(=O)COC(=O)c1c2c(nc3ccccc13)/C(=C/c1ccc(OC)c(OC)c1)CC2. The van der Waals surface area contributed by atoms with Gasteiger partial charge in [-0.1, -0.05) is 24.3 Å². The van der Waals surface area contributed by atoms with E-state index >= 15 is 0 Å². The minimum absolute atomic E-state index is 0.383. The molecule has 3 amide bonds. The van der Waals surface area contributed by atoms with Crippen molar-refractivity contribution in [3.05, 3.63) is 64.8 Å². The Morgan fingerprint density at radius 3 is 2.54 bits per heavy atom. The quantitative estimate of drug-likeness (QED) is 0.525. The Hall–Kier alpha value is -4.40. The summed E-state index contributed by atoms with van der Waals surface area (Å²) in [6.07, 6.45) is 3.30. The molecular weight excluding hydrogens is 450 g/mol. The highest BCUT2D eigenvalue weighted by molar-refractivity contribution is 6.08. The van der Waals surface area contributed by atoms with E-state index in [9.17, 15) is 14.4 Å². The van der Waals surface area contributed by atoms with Crippen LogP contribution in [-0.2, 0) is 16.0 Å². The van der Waals surface area contributed by atoms with Crippen LogP contribution in [0.1, 0.15) is 33.6 Å². The maximum absolute atomic E-state index is 13.1. The van der Waals surface area contributed by atoms with Crippen LogP contribution in [0.15, 0.2) is 42.5 Å². The molecule has 0 aliphatic heterocycles. The fourth-order valence-electron chi connectivity index (χ4n) is 4.08. The van der Waals surface area contributed by atoms with Crippen molar-refractivity contribution in [2.45, 2.75) is 12.8 Å². The molecule has 9 heteroatoms. The summed E-state index contributed by atoms with van der Waals surface area (Å²) in [6.45, 7) is -0.577. The van der Waals surface area contributed by atoms with E-state index in [0.717, 1.165) is 22.4 Å². The highest BCUT2D eigenvalue weighted by Gasteiger charge is 2.28. The van der Waals surface area contributed by atoms with E-state index in [-0.39, 0.29) is 0 Å². The number of hydrogen-bond acceptors (Lipinski definition) is 7. The van der Waals surface area contributed by atoms with E-state index in [0.29, 0.717) is 40.8 Å². The molecule has 180 valence electrons. The average Bonchev–Trinajstić information content (AvgIpc) is 3.27. The minimum Gasteiger partial charge on any atom is -0.493 e. The molecule has 35 heavy (non-hydrogen) atoms. The Balaban J connectivity index is 1.70. The Labute approximate surface area is 202 Å². The fourth-order valence-corrected chi connectivity index (χ4v) is 4.08. The third-order valence-electron chi connectivity index (χ3n) is 5.71. The molecule has 2 N–H and O–H groups in total. The molecule has 1 heterocycles. The van der Waals surface area contributed by atoms with Gasteiger partial charge in [-0.15, -0.1) is 0 Å². The molecule has 1 aromatic heterocycles. The zero-order chi connectivity index (χ0) is 24.9. The van der Waals surface area contributed by atoms with E-state index in [4.69, 9.17) is 19.2 Å². The Morgan fingerprint density at radius 1 is 1.03 bits per heavy atom. The van der Waals surface area contributed by atoms with E-state index < -0.39 is 24.5 Å². The van der Waals surface area contributed by atoms with Crippen molar-refractivity contribution in [1.29, 1.82) is 0 Å². The standard InChI is InChI=1S/C26H25N3O6/c1-27-26(32)29-22(30)14-35-25(31)23-17-6-4-5-7-19(17)28-24-16(9-10-18(23)24)12-15-8-11-20(33-2)21(13-15)34-3/h4-8,11-13H,9-10,14H2,1-3H3,(H2,27,29,30,32)/b16-12+. The van der Waals surface area contributed by atoms with Crippen molar-refractivity contribution in [3.8, 4) is 11.5 Å². The van der Waals surface area contributed by atoms with Gasteiger partial charge in [0.1, 0.15) is 0 Å². The lowest BCUT2D eigenvalue weighted by molar-refractivity contribution is -0.123. The number of hydrogen-bond donors (Lipinski definition) is 2. The molecule has 1 aliphatic rings. The lowest BCUT2D eigenvalue weighted by Crippen LogP contribution is -2.39. The second-order valence-electron chi connectivity index (χ2n) is 7.82. The van der Waals surface area contributed by atoms with Crippen molar-refractivity contribution in [3.63, 3.8) is 0 Å². The molecule has 4 rings (SSSR count). The fraction of sp³-hybridized carbons (Fsp3) is 0.231. The van der Waals surface area contributed by atoms with Crippen molar-refractivity contribution in [2.24, 2.45) is 0 Å². The normalized spacial score (nSPS) is 13.3. The van der Waals surface area contributed by atoms with Crippen molar-refractivity contribution < 1.29 is 28.6 Å². The molecule has 3 aromatic rings. The zero-order valence-corrected chi connectivity index (χ0v) is 19.6. The van der Waals surface area contributed by atoms with Gasteiger partial charge in [-0.05, 0) is 53.8 Å². The van der Waals surface area contributed by atoms with Crippen molar-refractivity contribution in [1.82, 2.24) is 15.6 Å². The number of para-hydroxylation sites is 1. The van der Waals surface area contributed by atoms with Crippen molar-refractivity contribution >= 4 is 40.5 Å². The highest BCUT2D eigenvalue weighted by atomic mass is 16.5. The number of benzene rings is 2. The first-order valence-corrected chi connectivity index (χ1v) is 11.0. The molecule has 0 radical (unpaired) electrons. The number of carbonyl (C=O) groups excluding carboxylic acids is 3. The molecule has 0 unspecified atom stereocenters. The summed E-state index contributed by atoms with van der Waals surface area (Å²) in [6, 6.07) is 12.3. The van der Waals surface area contributed by atoms with Gasteiger partial charge in [-0.2, -0.15) is 0 Å². The van der Waals surface area contributed by atoms with Crippen LogP contribution in [0.2, 0.25) is 0 Å². The topological polar surface area (TPSA) is 116 Å². The number of ether oxygens (including phenoxy) is 3. The summed E-state index contributed by atoms with van der Waals surface area (Å²) in [7, 11) is 4.55. The summed E-state index contributed by atoms with van der Waals surface area (Å²) >= 11 is 0. The number of methoxy groups -OCH3 is 2. The van der Waals surface area contributed by atoms with Gasteiger partial charge >= 0.3 is 12.0 Å². The van der Waals surface area contributed by atoms with Gasteiger partial charge in [-0.3, -0.25) is 10.1 Å². The van der Waals surface area contributed by atoms with Crippen LogP contribution in [0.4, 0.5) is 4.79 Å². The summed E-state index contributed by atoms with van der Waals surface area (Å²) in [4.78, 5) is 41.2. The first-order valence-electron chi connectivity index (χ1n) is 11.0. The summed E-state index contributed by atoms with van der Waals surface area (Å²) in [5, 5.41) is 4.99.